The number of aryl methyl sites for hydroxylation is 1. The van der Waals surface area contributed by atoms with Gasteiger partial charge in [-0.15, -0.1) is 11.3 Å². The summed E-state index contributed by atoms with van der Waals surface area (Å²) in [6.07, 6.45) is 1.92. The highest BCUT2D eigenvalue weighted by atomic mass is 32.1. The van der Waals surface area contributed by atoms with Crippen LogP contribution in [0.1, 0.15) is 17.4 Å². The summed E-state index contributed by atoms with van der Waals surface area (Å²) in [5.41, 5.74) is 7.56. The van der Waals surface area contributed by atoms with Gasteiger partial charge in [0.15, 0.2) is 4.96 Å². The zero-order valence-electron chi connectivity index (χ0n) is 7.27. The van der Waals surface area contributed by atoms with Gasteiger partial charge in [-0.2, -0.15) is 0 Å². The minimum absolute atomic E-state index is 0.0511. The van der Waals surface area contributed by atoms with Gasteiger partial charge in [0.1, 0.15) is 0 Å². The van der Waals surface area contributed by atoms with E-state index in [-0.39, 0.29) is 12.6 Å². The molecule has 0 fully saturated rings. The summed E-state index contributed by atoms with van der Waals surface area (Å²) in [7, 11) is 0. The van der Waals surface area contributed by atoms with Crippen LogP contribution in [-0.2, 0) is 0 Å². The van der Waals surface area contributed by atoms with Crippen molar-refractivity contribution < 1.29 is 5.11 Å². The molecule has 2 heterocycles. The zero-order valence-corrected chi connectivity index (χ0v) is 8.08. The molecule has 0 radical (unpaired) electrons. The lowest BCUT2D eigenvalue weighted by atomic mass is 10.2. The van der Waals surface area contributed by atoms with Gasteiger partial charge in [-0.25, -0.2) is 4.98 Å². The van der Waals surface area contributed by atoms with Crippen LogP contribution < -0.4 is 5.73 Å². The SMILES string of the molecule is Cc1nc2sccn2c1C(N)CO. The number of aliphatic hydroxyl groups is 1. The lowest BCUT2D eigenvalue weighted by Gasteiger charge is -2.07. The van der Waals surface area contributed by atoms with Gasteiger partial charge in [-0.1, -0.05) is 0 Å². The number of fused-ring (bicyclic) bond motifs is 1. The fourth-order valence-electron chi connectivity index (χ4n) is 1.44. The first-order chi connectivity index (χ1) is 6.24. The number of hydrogen-bond acceptors (Lipinski definition) is 4. The van der Waals surface area contributed by atoms with Crippen molar-refractivity contribution in [2.45, 2.75) is 13.0 Å². The van der Waals surface area contributed by atoms with Crippen molar-refractivity contribution in [1.82, 2.24) is 9.38 Å². The van der Waals surface area contributed by atoms with Gasteiger partial charge in [0, 0.05) is 11.6 Å². The number of thiazole rings is 1. The van der Waals surface area contributed by atoms with Crippen molar-refractivity contribution in [3.63, 3.8) is 0 Å². The molecule has 2 aromatic rings. The van der Waals surface area contributed by atoms with Gasteiger partial charge in [0.05, 0.1) is 24.0 Å². The maximum atomic E-state index is 8.97. The summed E-state index contributed by atoms with van der Waals surface area (Å²) in [6, 6.07) is -0.343. The van der Waals surface area contributed by atoms with E-state index < -0.39 is 0 Å². The zero-order chi connectivity index (χ0) is 9.42. The molecular weight excluding hydrogens is 186 g/mol. The Hall–Kier alpha value is -0.910. The standard InChI is InChI=1S/C8H11N3OS/c1-5-7(6(9)4-12)11-2-3-13-8(11)10-5/h2-3,6,12H,4,9H2,1H3. The number of rotatable bonds is 2. The van der Waals surface area contributed by atoms with Crippen LogP contribution in [0.5, 0.6) is 0 Å². The Morgan fingerprint density at radius 3 is 3.23 bits per heavy atom. The first kappa shape index (κ1) is 8.68. The monoisotopic (exact) mass is 197 g/mol. The topological polar surface area (TPSA) is 63.5 Å². The third-order valence-electron chi connectivity index (χ3n) is 2.03. The molecule has 4 nitrogen and oxygen atoms in total. The molecule has 0 bridgehead atoms. The molecule has 2 rings (SSSR count). The van der Waals surface area contributed by atoms with E-state index in [0.717, 1.165) is 16.3 Å². The highest BCUT2D eigenvalue weighted by Gasteiger charge is 2.15. The summed E-state index contributed by atoms with van der Waals surface area (Å²) < 4.78 is 1.93. The molecule has 3 N–H and O–H groups in total. The molecule has 0 saturated heterocycles. The minimum Gasteiger partial charge on any atom is -0.394 e. The largest absolute Gasteiger partial charge is 0.394 e. The summed E-state index contributed by atoms with van der Waals surface area (Å²) in [5.74, 6) is 0. The van der Waals surface area contributed by atoms with Crippen LogP contribution in [0.3, 0.4) is 0 Å². The number of aliphatic hydroxyl groups excluding tert-OH is 1. The van der Waals surface area contributed by atoms with E-state index in [2.05, 4.69) is 4.98 Å². The fraction of sp³-hybridized carbons (Fsp3) is 0.375. The first-order valence-electron chi connectivity index (χ1n) is 4.02. The molecule has 13 heavy (non-hydrogen) atoms. The number of nitrogens with zero attached hydrogens (tertiary/aromatic N) is 2. The van der Waals surface area contributed by atoms with E-state index in [9.17, 15) is 0 Å². The molecule has 5 heteroatoms. The van der Waals surface area contributed by atoms with Crippen molar-refractivity contribution in [3.05, 3.63) is 23.0 Å². The van der Waals surface area contributed by atoms with E-state index in [0.29, 0.717) is 0 Å². The van der Waals surface area contributed by atoms with Crippen molar-refractivity contribution in [2.24, 2.45) is 5.73 Å². The van der Waals surface area contributed by atoms with E-state index >= 15 is 0 Å². The molecule has 2 aromatic heterocycles. The fourth-order valence-corrected chi connectivity index (χ4v) is 2.21. The Morgan fingerprint density at radius 1 is 1.77 bits per heavy atom. The quantitative estimate of drug-likeness (QED) is 0.744. The van der Waals surface area contributed by atoms with Crippen LogP contribution in [0.15, 0.2) is 11.6 Å². The van der Waals surface area contributed by atoms with Crippen LogP contribution in [0.4, 0.5) is 0 Å². The molecule has 1 unspecified atom stereocenters. The predicted octanol–water partition coefficient (Wildman–Crippen LogP) is 0.696. The van der Waals surface area contributed by atoms with Crippen LogP contribution in [-0.4, -0.2) is 21.1 Å². The van der Waals surface area contributed by atoms with Gasteiger partial charge in [-0.05, 0) is 6.92 Å². The Kier molecular flexibility index (Phi) is 2.07. The maximum Gasteiger partial charge on any atom is 0.194 e. The van der Waals surface area contributed by atoms with Gasteiger partial charge in [0.2, 0.25) is 0 Å². The van der Waals surface area contributed by atoms with Crippen LogP contribution in [0.25, 0.3) is 4.96 Å². The van der Waals surface area contributed by atoms with Crippen LogP contribution >= 0.6 is 11.3 Å². The smallest absolute Gasteiger partial charge is 0.194 e. The first-order valence-corrected chi connectivity index (χ1v) is 4.90. The second-order valence-corrected chi connectivity index (χ2v) is 3.80. The van der Waals surface area contributed by atoms with Crippen LogP contribution in [0.2, 0.25) is 0 Å². The molecule has 0 amide bonds. The lowest BCUT2D eigenvalue weighted by molar-refractivity contribution is 0.265. The number of aromatic nitrogens is 2. The minimum atomic E-state index is -0.343. The highest BCUT2D eigenvalue weighted by Crippen LogP contribution is 2.20. The molecule has 0 aliphatic rings. The lowest BCUT2D eigenvalue weighted by Crippen LogP contribution is -2.17. The van der Waals surface area contributed by atoms with Crippen molar-refractivity contribution in [3.8, 4) is 0 Å². The van der Waals surface area contributed by atoms with Gasteiger partial charge < -0.3 is 10.8 Å². The van der Waals surface area contributed by atoms with E-state index in [1.807, 2.05) is 22.9 Å². The second-order valence-electron chi connectivity index (χ2n) is 2.93. The number of hydrogen-bond donors (Lipinski definition) is 2. The van der Waals surface area contributed by atoms with Gasteiger partial charge >= 0.3 is 0 Å². The summed E-state index contributed by atoms with van der Waals surface area (Å²) >= 11 is 1.56. The molecular formula is C8H11N3OS. The third kappa shape index (κ3) is 1.25. The van der Waals surface area contributed by atoms with E-state index in [1.54, 1.807) is 11.3 Å². The molecule has 0 aliphatic carbocycles. The molecule has 0 spiro atoms. The molecule has 0 aromatic carbocycles. The summed E-state index contributed by atoms with van der Waals surface area (Å²) in [6.45, 7) is 1.86. The average Bonchev–Trinajstić information content (AvgIpc) is 2.62. The average molecular weight is 197 g/mol. The molecule has 1 atom stereocenters. The normalized spacial score (nSPS) is 13.8. The van der Waals surface area contributed by atoms with Gasteiger partial charge in [-0.3, -0.25) is 4.40 Å². The Balaban J connectivity index is 2.63. The maximum absolute atomic E-state index is 8.97. The molecule has 0 saturated carbocycles. The van der Waals surface area contributed by atoms with Gasteiger partial charge in [0.25, 0.3) is 0 Å². The Morgan fingerprint density at radius 2 is 2.54 bits per heavy atom. The predicted molar refractivity (Wildman–Crippen MR) is 51.8 cm³/mol. The number of imidazole rings is 1. The third-order valence-corrected chi connectivity index (χ3v) is 2.79. The molecule has 70 valence electrons. The van der Waals surface area contributed by atoms with Crippen LogP contribution in [0, 0.1) is 6.92 Å². The Bertz CT molecular complexity index is 420. The second kappa shape index (κ2) is 3.10. The van der Waals surface area contributed by atoms with Crippen molar-refractivity contribution >= 4 is 16.3 Å². The summed E-state index contributed by atoms with van der Waals surface area (Å²) in [4.78, 5) is 5.26. The van der Waals surface area contributed by atoms with E-state index in [4.69, 9.17) is 10.8 Å². The van der Waals surface area contributed by atoms with Crippen molar-refractivity contribution in [2.75, 3.05) is 6.61 Å². The summed E-state index contributed by atoms with van der Waals surface area (Å²) in [5, 5.41) is 10.9. The number of nitrogens with two attached hydrogens (primary N) is 1. The van der Waals surface area contributed by atoms with Crippen molar-refractivity contribution in [1.29, 1.82) is 0 Å². The molecule has 0 aliphatic heterocycles. The Labute approximate surface area is 79.6 Å². The highest BCUT2D eigenvalue weighted by molar-refractivity contribution is 7.15. The van der Waals surface area contributed by atoms with E-state index in [1.165, 1.54) is 0 Å².